The Bertz CT molecular complexity index is 845. The highest BCUT2D eigenvalue weighted by molar-refractivity contribution is 6.07. The fraction of sp³-hybridized carbons (Fsp3) is 0.250. The van der Waals surface area contributed by atoms with Gasteiger partial charge < -0.3 is 5.32 Å². The third kappa shape index (κ3) is 2.93. The number of carbonyl (C=O) groups excluding carboxylic acids is 2. The van der Waals surface area contributed by atoms with E-state index in [2.05, 4.69) is 10.4 Å². The fourth-order valence-corrected chi connectivity index (χ4v) is 3.12. The number of benzene rings is 2. The summed E-state index contributed by atoms with van der Waals surface area (Å²) < 4.78 is 0. The molecule has 1 atom stereocenters. The second kappa shape index (κ2) is 6.51. The van der Waals surface area contributed by atoms with Gasteiger partial charge in [0.15, 0.2) is 0 Å². The van der Waals surface area contributed by atoms with Gasteiger partial charge in [-0.25, -0.2) is 4.79 Å². The summed E-state index contributed by atoms with van der Waals surface area (Å²) >= 11 is 0. The molecular formula is C20H21N3O2. The predicted molar refractivity (Wildman–Crippen MR) is 97.3 cm³/mol. The number of carbonyl (C=O) groups is 2. The molecule has 1 heterocycles. The van der Waals surface area contributed by atoms with Crippen LogP contribution in [0.3, 0.4) is 0 Å². The van der Waals surface area contributed by atoms with Crippen LogP contribution in [0.25, 0.3) is 0 Å². The van der Waals surface area contributed by atoms with Crippen molar-refractivity contribution in [3.63, 3.8) is 0 Å². The molecule has 1 fully saturated rings. The van der Waals surface area contributed by atoms with Crippen molar-refractivity contribution >= 4 is 18.2 Å². The van der Waals surface area contributed by atoms with Crippen molar-refractivity contribution in [1.29, 1.82) is 0 Å². The molecule has 25 heavy (non-hydrogen) atoms. The van der Waals surface area contributed by atoms with E-state index in [1.54, 1.807) is 6.21 Å². The molecule has 1 N–H and O–H groups in total. The third-order valence-corrected chi connectivity index (χ3v) is 4.60. The molecule has 0 aliphatic carbocycles. The van der Waals surface area contributed by atoms with E-state index < -0.39 is 11.6 Å². The van der Waals surface area contributed by atoms with Gasteiger partial charge in [-0.1, -0.05) is 61.0 Å². The predicted octanol–water partition coefficient (Wildman–Crippen LogP) is 3.49. The highest BCUT2D eigenvalue weighted by atomic mass is 16.2. The van der Waals surface area contributed by atoms with Crippen LogP contribution in [0.4, 0.5) is 4.79 Å². The van der Waals surface area contributed by atoms with Gasteiger partial charge >= 0.3 is 6.03 Å². The minimum atomic E-state index is -1.06. The zero-order chi connectivity index (χ0) is 18.0. The number of nitrogens with zero attached hydrogens (tertiary/aromatic N) is 2. The average Bonchev–Trinajstić information content (AvgIpc) is 2.86. The summed E-state index contributed by atoms with van der Waals surface area (Å²) in [5, 5.41) is 7.90. The van der Waals surface area contributed by atoms with Crippen molar-refractivity contribution in [3.8, 4) is 0 Å². The van der Waals surface area contributed by atoms with Crippen molar-refractivity contribution in [2.24, 2.45) is 5.10 Å². The fourth-order valence-electron chi connectivity index (χ4n) is 3.12. The zero-order valence-corrected chi connectivity index (χ0v) is 14.6. The van der Waals surface area contributed by atoms with E-state index in [1.807, 2.05) is 69.3 Å². The Morgan fingerprint density at radius 1 is 1.12 bits per heavy atom. The molecule has 0 bridgehead atoms. The lowest BCUT2D eigenvalue weighted by Crippen LogP contribution is -2.43. The maximum atomic E-state index is 13.0. The van der Waals surface area contributed by atoms with Crippen molar-refractivity contribution in [3.05, 3.63) is 70.8 Å². The molecule has 0 spiro atoms. The number of rotatable bonds is 4. The molecule has 3 rings (SSSR count). The first kappa shape index (κ1) is 16.9. The largest absolute Gasteiger partial charge is 0.346 e. The molecule has 5 nitrogen and oxygen atoms in total. The van der Waals surface area contributed by atoms with Gasteiger partial charge in [-0.15, -0.1) is 5.01 Å². The molecule has 128 valence electrons. The average molecular weight is 335 g/mol. The van der Waals surface area contributed by atoms with Crippen LogP contribution in [0.2, 0.25) is 0 Å². The highest BCUT2D eigenvalue weighted by Crippen LogP contribution is 2.32. The van der Waals surface area contributed by atoms with Gasteiger partial charge in [-0.2, -0.15) is 5.10 Å². The second-order valence-electron chi connectivity index (χ2n) is 6.28. The third-order valence-electron chi connectivity index (χ3n) is 4.60. The number of hydrazone groups is 1. The number of urea groups is 1. The van der Waals surface area contributed by atoms with E-state index in [0.717, 1.165) is 27.3 Å². The second-order valence-corrected chi connectivity index (χ2v) is 6.28. The molecule has 0 unspecified atom stereocenters. The number of amides is 3. The number of imide groups is 1. The summed E-state index contributed by atoms with van der Waals surface area (Å²) in [6.45, 7) is 5.86. The minimum absolute atomic E-state index is 0.354. The molecule has 3 amide bonds. The quantitative estimate of drug-likeness (QED) is 0.687. The Kier molecular flexibility index (Phi) is 4.40. The molecule has 2 aromatic rings. The van der Waals surface area contributed by atoms with E-state index in [9.17, 15) is 9.59 Å². The summed E-state index contributed by atoms with van der Waals surface area (Å²) in [4.78, 5) is 25.3. The molecule has 0 radical (unpaired) electrons. The Balaban J connectivity index is 1.92. The normalized spacial score (nSPS) is 20.4. The summed E-state index contributed by atoms with van der Waals surface area (Å²) in [7, 11) is 0. The lowest BCUT2D eigenvalue weighted by molar-refractivity contribution is -0.131. The molecule has 5 heteroatoms. The lowest BCUT2D eigenvalue weighted by atomic mass is 9.87. The molecule has 0 aromatic heterocycles. The van der Waals surface area contributed by atoms with Gasteiger partial charge in [0.25, 0.3) is 5.91 Å². The van der Waals surface area contributed by atoms with Crippen molar-refractivity contribution in [2.45, 2.75) is 32.7 Å². The molecule has 1 saturated heterocycles. The summed E-state index contributed by atoms with van der Waals surface area (Å²) in [6, 6.07) is 14.7. The van der Waals surface area contributed by atoms with Gasteiger partial charge in [0.1, 0.15) is 5.54 Å². The SMILES string of the molecule is CC[C@]1(c2ccccc2)NC(=O)N(/N=C\c2ccc(C)cc2C)C1=O. The molecule has 2 aromatic carbocycles. The van der Waals surface area contributed by atoms with Crippen LogP contribution in [0, 0.1) is 13.8 Å². The van der Waals surface area contributed by atoms with Crippen LogP contribution in [0.1, 0.15) is 35.6 Å². The summed E-state index contributed by atoms with van der Waals surface area (Å²) in [6.07, 6.45) is 2.01. The summed E-state index contributed by atoms with van der Waals surface area (Å²) in [5.41, 5.74) is 2.78. The number of hydrogen-bond acceptors (Lipinski definition) is 3. The number of aryl methyl sites for hydroxylation is 2. The van der Waals surface area contributed by atoms with Crippen LogP contribution in [-0.2, 0) is 10.3 Å². The van der Waals surface area contributed by atoms with Gasteiger partial charge in [-0.3, -0.25) is 4.79 Å². The maximum absolute atomic E-state index is 13.0. The van der Waals surface area contributed by atoms with Crippen molar-refractivity contribution in [2.75, 3.05) is 0 Å². The lowest BCUT2D eigenvalue weighted by Gasteiger charge is -2.24. The smallest absolute Gasteiger partial charge is 0.318 e. The Labute approximate surface area is 147 Å². The van der Waals surface area contributed by atoms with E-state index in [4.69, 9.17) is 0 Å². The van der Waals surface area contributed by atoms with E-state index >= 15 is 0 Å². The Hall–Kier alpha value is -2.95. The first-order chi connectivity index (χ1) is 12.0. The summed E-state index contributed by atoms with van der Waals surface area (Å²) in [5.74, 6) is -0.354. The standard InChI is InChI=1S/C20H21N3O2/c1-4-20(17-8-6-5-7-9-17)18(24)23(19(25)22-20)21-13-16-11-10-14(2)12-15(16)3/h5-13H,4H2,1-3H3,(H,22,25)/b21-13-/t20-/m1/s1. The van der Waals surface area contributed by atoms with Crippen LogP contribution < -0.4 is 5.32 Å². The Morgan fingerprint density at radius 2 is 1.84 bits per heavy atom. The van der Waals surface area contributed by atoms with Crippen LogP contribution in [0.5, 0.6) is 0 Å². The molecular weight excluding hydrogens is 314 g/mol. The van der Waals surface area contributed by atoms with Crippen LogP contribution in [-0.4, -0.2) is 23.2 Å². The van der Waals surface area contributed by atoms with E-state index in [0.29, 0.717) is 6.42 Å². The molecule has 0 saturated carbocycles. The van der Waals surface area contributed by atoms with Gasteiger partial charge in [0, 0.05) is 0 Å². The minimum Gasteiger partial charge on any atom is -0.318 e. The molecule has 1 aliphatic rings. The van der Waals surface area contributed by atoms with E-state index in [1.165, 1.54) is 0 Å². The Morgan fingerprint density at radius 3 is 2.48 bits per heavy atom. The van der Waals surface area contributed by atoms with Gasteiger partial charge in [-0.05, 0) is 37.0 Å². The first-order valence-electron chi connectivity index (χ1n) is 8.31. The maximum Gasteiger partial charge on any atom is 0.346 e. The molecule has 1 aliphatic heterocycles. The number of nitrogens with one attached hydrogen (secondary N) is 1. The van der Waals surface area contributed by atoms with E-state index in [-0.39, 0.29) is 5.91 Å². The highest BCUT2D eigenvalue weighted by Gasteiger charge is 2.51. The zero-order valence-electron chi connectivity index (χ0n) is 14.6. The monoisotopic (exact) mass is 335 g/mol. The first-order valence-corrected chi connectivity index (χ1v) is 8.31. The van der Waals surface area contributed by atoms with Crippen molar-refractivity contribution in [1.82, 2.24) is 10.3 Å². The van der Waals surface area contributed by atoms with Gasteiger partial charge in [0.05, 0.1) is 6.21 Å². The topological polar surface area (TPSA) is 61.8 Å². The van der Waals surface area contributed by atoms with Crippen LogP contribution >= 0.6 is 0 Å². The van der Waals surface area contributed by atoms with Crippen LogP contribution in [0.15, 0.2) is 53.6 Å². The number of hydrogen-bond donors (Lipinski definition) is 1. The van der Waals surface area contributed by atoms with Gasteiger partial charge in [0.2, 0.25) is 0 Å². The van der Waals surface area contributed by atoms with Crippen molar-refractivity contribution < 1.29 is 9.59 Å².